The summed E-state index contributed by atoms with van der Waals surface area (Å²) in [5, 5.41) is 5.89. The molecule has 30 heavy (non-hydrogen) atoms. The number of benzene rings is 1. The van der Waals surface area contributed by atoms with Crippen molar-refractivity contribution in [3.63, 3.8) is 0 Å². The van der Waals surface area contributed by atoms with Crippen molar-refractivity contribution in [2.24, 2.45) is 0 Å². The van der Waals surface area contributed by atoms with E-state index in [9.17, 15) is 4.79 Å². The molecule has 1 aliphatic heterocycles. The zero-order chi connectivity index (χ0) is 20.9. The first-order chi connectivity index (χ1) is 14.5. The first kappa shape index (κ1) is 20.5. The number of aromatic nitrogens is 2. The Morgan fingerprint density at radius 1 is 1.17 bits per heavy atom. The van der Waals surface area contributed by atoms with Gasteiger partial charge in [0.05, 0.1) is 41.2 Å². The smallest absolute Gasteiger partial charge is 0.230 e. The second-order valence-corrected chi connectivity index (χ2v) is 8.63. The first-order valence-corrected chi connectivity index (χ1v) is 11.1. The van der Waals surface area contributed by atoms with Gasteiger partial charge in [0, 0.05) is 24.9 Å². The number of morpholine rings is 1. The Morgan fingerprint density at radius 2 is 1.93 bits per heavy atom. The number of ether oxygens (including phenoxy) is 1. The molecule has 0 radical (unpaired) electrons. The molecular weight excluding hydrogens is 396 g/mol. The van der Waals surface area contributed by atoms with Crippen molar-refractivity contribution in [3.8, 4) is 0 Å². The Kier molecular flexibility index (Phi) is 6.40. The Hall–Kier alpha value is -2.77. The van der Waals surface area contributed by atoms with Crippen LogP contribution in [0.3, 0.4) is 0 Å². The van der Waals surface area contributed by atoms with Gasteiger partial charge in [-0.2, -0.15) is 0 Å². The Bertz CT molecular complexity index is 964. The number of hydrogen-bond donors (Lipinski definition) is 1. The van der Waals surface area contributed by atoms with E-state index in [0.717, 1.165) is 36.0 Å². The van der Waals surface area contributed by atoms with Crippen LogP contribution in [0.15, 0.2) is 54.0 Å². The summed E-state index contributed by atoms with van der Waals surface area (Å²) in [5.41, 5.74) is 2.71. The van der Waals surface area contributed by atoms with Crippen molar-refractivity contribution < 1.29 is 9.53 Å². The van der Waals surface area contributed by atoms with E-state index in [1.807, 2.05) is 35.7 Å². The second kappa shape index (κ2) is 9.36. The summed E-state index contributed by atoms with van der Waals surface area (Å²) in [7, 11) is 0. The van der Waals surface area contributed by atoms with E-state index in [0.29, 0.717) is 5.69 Å². The van der Waals surface area contributed by atoms with Crippen LogP contribution < -0.4 is 10.2 Å². The highest BCUT2D eigenvalue weighted by Gasteiger charge is 2.23. The maximum Gasteiger partial charge on any atom is 0.230 e. The van der Waals surface area contributed by atoms with Crippen LogP contribution >= 0.6 is 11.3 Å². The third kappa shape index (κ3) is 5.43. The third-order valence-electron chi connectivity index (χ3n) is 4.91. The number of amides is 1. The number of nitrogens with zero attached hydrogens (tertiary/aromatic N) is 3. The molecule has 1 saturated heterocycles. The van der Waals surface area contributed by atoms with E-state index in [2.05, 4.69) is 46.2 Å². The predicted octanol–water partition coefficient (Wildman–Crippen LogP) is 3.92. The molecule has 2 atom stereocenters. The van der Waals surface area contributed by atoms with Crippen LogP contribution in [-0.4, -0.2) is 41.2 Å². The van der Waals surface area contributed by atoms with Crippen LogP contribution in [0, 0.1) is 0 Å². The fourth-order valence-corrected chi connectivity index (χ4v) is 4.49. The SMILES string of the molecule is C[C@@H]1CN(c2ccc(NC(=O)Cc3csc(Cc4ccccc4)n3)cn2)C[C@@H](C)O1. The molecule has 0 saturated carbocycles. The van der Waals surface area contributed by atoms with Crippen LogP contribution in [0.25, 0.3) is 0 Å². The van der Waals surface area contributed by atoms with Crippen molar-refractivity contribution >= 4 is 28.7 Å². The van der Waals surface area contributed by atoms with Gasteiger partial charge in [-0.25, -0.2) is 9.97 Å². The van der Waals surface area contributed by atoms with Gasteiger partial charge in [-0.15, -0.1) is 11.3 Å². The summed E-state index contributed by atoms with van der Waals surface area (Å²) in [4.78, 5) is 23.8. The first-order valence-electron chi connectivity index (χ1n) is 10.2. The molecule has 0 spiro atoms. The van der Waals surface area contributed by atoms with Crippen LogP contribution in [0.5, 0.6) is 0 Å². The highest BCUT2D eigenvalue weighted by Crippen LogP contribution is 2.20. The maximum atomic E-state index is 12.4. The van der Waals surface area contributed by atoms with Gasteiger partial charge in [-0.3, -0.25) is 4.79 Å². The number of carbonyl (C=O) groups is 1. The lowest BCUT2D eigenvalue weighted by Crippen LogP contribution is -2.45. The van der Waals surface area contributed by atoms with E-state index in [1.165, 1.54) is 5.56 Å². The van der Waals surface area contributed by atoms with E-state index in [-0.39, 0.29) is 24.5 Å². The van der Waals surface area contributed by atoms with Crippen LogP contribution in [0.4, 0.5) is 11.5 Å². The fourth-order valence-electron chi connectivity index (χ4n) is 3.66. The van der Waals surface area contributed by atoms with Crippen molar-refractivity contribution in [2.75, 3.05) is 23.3 Å². The third-order valence-corrected chi connectivity index (χ3v) is 5.81. The van der Waals surface area contributed by atoms with Crippen molar-refractivity contribution in [2.45, 2.75) is 38.9 Å². The zero-order valence-electron chi connectivity index (χ0n) is 17.2. The lowest BCUT2D eigenvalue weighted by molar-refractivity contribution is -0.115. The molecule has 1 aromatic carbocycles. The Balaban J connectivity index is 1.31. The van der Waals surface area contributed by atoms with Gasteiger partial charge in [-0.05, 0) is 31.5 Å². The molecule has 4 rings (SSSR count). The Morgan fingerprint density at radius 3 is 2.63 bits per heavy atom. The monoisotopic (exact) mass is 422 g/mol. The minimum absolute atomic E-state index is 0.0882. The minimum Gasteiger partial charge on any atom is -0.372 e. The van der Waals surface area contributed by atoms with Crippen molar-refractivity contribution in [3.05, 3.63) is 70.3 Å². The number of hydrogen-bond acceptors (Lipinski definition) is 6. The van der Waals surface area contributed by atoms with Gasteiger partial charge in [0.2, 0.25) is 5.91 Å². The molecule has 7 heteroatoms. The molecule has 1 amide bonds. The molecule has 156 valence electrons. The van der Waals surface area contributed by atoms with Crippen molar-refractivity contribution in [1.29, 1.82) is 0 Å². The predicted molar refractivity (Wildman–Crippen MR) is 120 cm³/mol. The molecule has 3 aromatic rings. The molecule has 3 heterocycles. The highest BCUT2D eigenvalue weighted by atomic mass is 32.1. The largest absolute Gasteiger partial charge is 0.372 e. The minimum atomic E-state index is -0.0882. The van der Waals surface area contributed by atoms with E-state index in [1.54, 1.807) is 17.5 Å². The molecular formula is C23H26N4O2S. The average Bonchev–Trinajstić information content (AvgIpc) is 3.15. The summed E-state index contributed by atoms with van der Waals surface area (Å²) >= 11 is 1.59. The van der Waals surface area contributed by atoms with Gasteiger partial charge >= 0.3 is 0 Å². The standard InChI is InChI=1S/C23H26N4O2S/c1-16-13-27(14-17(2)29-16)21-9-8-19(12-24-21)25-22(28)11-20-15-30-23(26-20)10-18-6-4-3-5-7-18/h3-9,12,15-17H,10-11,13-14H2,1-2H3,(H,25,28)/t16-,17-/m1/s1. The maximum absolute atomic E-state index is 12.4. The van der Waals surface area contributed by atoms with Crippen LogP contribution in [-0.2, 0) is 22.4 Å². The normalized spacial score (nSPS) is 18.9. The summed E-state index contributed by atoms with van der Waals surface area (Å²) in [6.45, 7) is 5.78. The average molecular weight is 423 g/mol. The van der Waals surface area contributed by atoms with Crippen LogP contribution in [0.1, 0.15) is 30.1 Å². The highest BCUT2D eigenvalue weighted by molar-refractivity contribution is 7.09. The molecule has 0 unspecified atom stereocenters. The number of thiazole rings is 1. The van der Waals surface area contributed by atoms with Gasteiger partial charge in [-0.1, -0.05) is 30.3 Å². The number of pyridine rings is 1. The number of nitrogens with one attached hydrogen (secondary N) is 1. The van der Waals surface area contributed by atoms with E-state index < -0.39 is 0 Å². The van der Waals surface area contributed by atoms with Crippen LogP contribution in [0.2, 0.25) is 0 Å². The van der Waals surface area contributed by atoms with Gasteiger partial charge in [0.25, 0.3) is 0 Å². The fraction of sp³-hybridized carbons (Fsp3) is 0.348. The van der Waals surface area contributed by atoms with E-state index >= 15 is 0 Å². The van der Waals surface area contributed by atoms with E-state index in [4.69, 9.17) is 4.74 Å². The molecule has 1 fully saturated rings. The molecule has 6 nitrogen and oxygen atoms in total. The van der Waals surface area contributed by atoms with Crippen molar-refractivity contribution in [1.82, 2.24) is 9.97 Å². The molecule has 1 N–H and O–H groups in total. The number of anilines is 2. The zero-order valence-corrected chi connectivity index (χ0v) is 18.1. The van der Waals surface area contributed by atoms with Gasteiger partial charge < -0.3 is 15.0 Å². The Labute approximate surface area is 180 Å². The summed E-state index contributed by atoms with van der Waals surface area (Å²) in [6, 6.07) is 14.1. The topological polar surface area (TPSA) is 67.4 Å². The lowest BCUT2D eigenvalue weighted by atomic mass is 10.2. The van der Waals surface area contributed by atoms with Gasteiger partial charge in [0.1, 0.15) is 5.82 Å². The molecule has 1 aliphatic rings. The summed E-state index contributed by atoms with van der Waals surface area (Å²) in [6.07, 6.45) is 3.11. The lowest BCUT2D eigenvalue weighted by Gasteiger charge is -2.36. The second-order valence-electron chi connectivity index (χ2n) is 7.69. The molecule has 2 aromatic heterocycles. The quantitative estimate of drug-likeness (QED) is 0.652. The van der Waals surface area contributed by atoms with Gasteiger partial charge in [0.15, 0.2) is 0 Å². The summed E-state index contributed by atoms with van der Waals surface area (Å²) < 4.78 is 5.77. The molecule has 0 bridgehead atoms. The number of rotatable bonds is 6. The number of carbonyl (C=O) groups excluding carboxylic acids is 1. The molecule has 0 aliphatic carbocycles. The summed E-state index contributed by atoms with van der Waals surface area (Å²) in [5.74, 6) is 0.815.